The van der Waals surface area contributed by atoms with E-state index in [2.05, 4.69) is 14.1 Å². The topological polar surface area (TPSA) is 117 Å². The molecule has 0 fully saturated rings. The van der Waals surface area contributed by atoms with E-state index < -0.39 is 10.2 Å². The molecule has 0 spiro atoms. The van der Waals surface area contributed by atoms with Crippen LogP contribution in [0.5, 0.6) is 5.75 Å². The molecule has 0 atom stereocenters. The van der Waals surface area contributed by atoms with Crippen LogP contribution in [0.4, 0.5) is 5.69 Å². The minimum Gasteiger partial charge on any atom is -0.506 e. The molecule has 0 radical (unpaired) electrons. The molecule has 2 rings (SSSR count). The van der Waals surface area contributed by atoms with Crippen LogP contribution in [0.2, 0.25) is 0 Å². The van der Waals surface area contributed by atoms with Crippen molar-refractivity contribution in [3.8, 4) is 5.75 Å². The van der Waals surface area contributed by atoms with Crippen molar-refractivity contribution >= 4 is 27.6 Å². The number of nitrogens with two attached hydrogens (primary N) is 1. The first-order valence-electron chi connectivity index (χ1n) is 4.24. The molecule has 16 heavy (non-hydrogen) atoms. The number of hydrogen-bond donors (Lipinski definition) is 3. The van der Waals surface area contributed by atoms with Crippen LogP contribution in [0.3, 0.4) is 0 Å². The predicted octanol–water partition coefficient (Wildman–Crippen LogP) is -0.182. The summed E-state index contributed by atoms with van der Waals surface area (Å²) in [5, 5.41) is 12.0. The predicted molar refractivity (Wildman–Crippen MR) is 59.7 cm³/mol. The number of nitrogens with zero attached hydrogens (tertiary/aromatic N) is 2. The second-order valence-corrected chi connectivity index (χ2v) is 4.27. The zero-order valence-electron chi connectivity index (χ0n) is 7.95. The van der Waals surface area contributed by atoms with Crippen LogP contribution >= 0.6 is 0 Å². The number of hydrogen-bond acceptors (Lipinski definition) is 5. The van der Waals surface area contributed by atoms with Crippen LogP contribution < -0.4 is 11.1 Å². The molecule has 1 aliphatic heterocycles. The first kappa shape index (κ1) is 10.4. The number of rotatable bonds is 1. The number of anilines is 1. The largest absolute Gasteiger partial charge is 0.506 e. The van der Waals surface area contributed by atoms with Crippen LogP contribution in [0.25, 0.3) is 0 Å². The third kappa shape index (κ3) is 1.96. The van der Waals surface area contributed by atoms with Crippen molar-refractivity contribution in [1.82, 2.24) is 0 Å². The van der Waals surface area contributed by atoms with Gasteiger partial charge in [0.1, 0.15) is 5.75 Å². The summed E-state index contributed by atoms with van der Waals surface area (Å²) in [5.41, 5.74) is 5.65. The second-order valence-electron chi connectivity index (χ2n) is 3.01. The van der Waals surface area contributed by atoms with E-state index >= 15 is 0 Å². The molecular formula is C8H8N4O3S. The SMILES string of the molecule is NC1=NS(=O)(=O)N=C1Nc1ccccc1O. The smallest absolute Gasteiger partial charge is 0.367 e. The summed E-state index contributed by atoms with van der Waals surface area (Å²) in [4.78, 5) is 0. The minimum atomic E-state index is -3.87. The number of aromatic hydroxyl groups is 1. The average Bonchev–Trinajstić information content (AvgIpc) is 2.44. The lowest BCUT2D eigenvalue weighted by Gasteiger charge is -2.06. The molecule has 7 nitrogen and oxygen atoms in total. The maximum absolute atomic E-state index is 11.0. The number of para-hydroxylation sites is 2. The van der Waals surface area contributed by atoms with Gasteiger partial charge in [-0.1, -0.05) is 12.1 Å². The molecular weight excluding hydrogens is 232 g/mol. The van der Waals surface area contributed by atoms with Crippen molar-refractivity contribution in [3.63, 3.8) is 0 Å². The van der Waals surface area contributed by atoms with Crippen LogP contribution in [-0.2, 0) is 10.2 Å². The highest BCUT2D eigenvalue weighted by Crippen LogP contribution is 2.22. The monoisotopic (exact) mass is 240 g/mol. The van der Waals surface area contributed by atoms with E-state index in [9.17, 15) is 13.5 Å². The van der Waals surface area contributed by atoms with Crippen LogP contribution in [0.15, 0.2) is 33.1 Å². The molecule has 4 N–H and O–H groups in total. The Balaban J connectivity index is 2.32. The lowest BCUT2D eigenvalue weighted by molar-refractivity contribution is 0.478. The minimum absolute atomic E-state index is 0.0395. The van der Waals surface area contributed by atoms with E-state index in [0.29, 0.717) is 5.69 Å². The van der Waals surface area contributed by atoms with Crippen molar-refractivity contribution in [3.05, 3.63) is 24.3 Å². The van der Waals surface area contributed by atoms with Gasteiger partial charge in [-0.3, -0.25) is 0 Å². The standard InChI is InChI=1S/C8H8N4O3S/c9-7-8(12-16(14,15)11-7)10-5-3-1-2-4-6(5)13/h1-4,13H,(H2,9,11)(H,10,12). The summed E-state index contributed by atoms with van der Waals surface area (Å²) in [5.74, 6) is -0.368. The van der Waals surface area contributed by atoms with E-state index in [1.807, 2.05) is 0 Å². The Labute approximate surface area is 91.5 Å². The maximum atomic E-state index is 11.0. The number of nitrogens with one attached hydrogen (secondary N) is 1. The summed E-state index contributed by atoms with van der Waals surface area (Å²) in [6.07, 6.45) is 0. The van der Waals surface area contributed by atoms with Crippen LogP contribution in [0.1, 0.15) is 0 Å². The lowest BCUT2D eigenvalue weighted by Crippen LogP contribution is -2.27. The van der Waals surface area contributed by atoms with Crippen molar-refractivity contribution in [1.29, 1.82) is 0 Å². The fourth-order valence-corrected chi connectivity index (χ4v) is 1.89. The summed E-state index contributed by atoms with van der Waals surface area (Å²) >= 11 is 0. The summed E-state index contributed by atoms with van der Waals surface area (Å²) in [7, 11) is -3.87. The highest BCUT2D eigenvalue weighted by molar-refractivity contribution is 7.89. The summed E-state index contributed by atoms with van der Waals surface area (Å²) in [6, 6.07) is 6.29. The van der Waals surface area contributed by atoms with Gasteiger partial charge in [0.25, 0.3) is 0 Å². The molecule has 84 valence electrons. The zero-order chi connectivity index (χ0) is 11.8. The Kier molecular flexibility index (Phi) is 2.27. The van der Waals surface area contributed by atoms with Gasteiger partial charge in [0.15, 0.2) is 11.7 Å². The molecule has 1 heterocycles. The molecule has 0 saturated carbocycles. The Morgan fingerprint density at radius 1 is 1.25 bits per heavy atom. The Hall–Kier alpha value is -2.09. The Bertz CT molecular complexity index is 591. The third-order valence-electron chi connectivity index (χ3n) is 1.82. The number of phenolic OH excluding ortho intramolecular Hbond substituents is 1. The molecule has 0 aromatic heterocycles. The fourth-order valence-electron chi connectivity index (χ4n) is 1.14. The van der Waals surface area contributed by atoms with Gasteiger partial charge in [-0.2, -0.15) is 8.42 Å². The van der Waals surface area contributed by atoms with Gasteiger partial charge in [-0.05, 0) is 12.1 Å². The van der Waals surface area contributed by atoms with Crippen molar-refractivity contribution in [2.45, 2.75) is 0 Å². The van der Waals surface area contributed by atoms with Crippen molar-refractivity contribution < 1.29 is 13.5 Å². The molecule has 1 aromatic rings. The first-order valence-corrected chi connectivity index (χ1v) is 5.63. The Morgan fingerprint density at radius 3 is 2.50 bits per heavy atom. The van der Waals surface area contributed by atoms with E-state index in [1.165, 1.54) is 6.07 Å². The van der Waals surface area contributed by atoms with Gasteiger partial charge in [0.2, 0.25) is 0 Å². The molecule has 0 unspecified atom stereocenters. The van der Waals surface area contributed by atoms with E-state index in [0.717, 1.165) is 0 Å². The quantitative estimate of drug-likeness (QED) is 0.588. The van der Waals surface area contributed by atoms with Crippen LogP contribution in [0, 0.1) is 0 Å². The van der Waals surface area contributed by atoms with Crippen molar-refractivity contribution in [2.24, 2.45) is 14.5 Å². The fraction of sp³-hybridized carbons (Fsp3) is 0. The third-order valence-corrected chi connectivity index (χ3v) is 2.66. The molecule has 0 aliphatic carbocycles. The molecule has 0 bridgehead atoms. The van der Waals surface area contributed by atoms with Gasteiger partial charge in [-0.15, -0.1) is 8.80 Å². The number of benzene rings is 1. The molecule has 1 aromatic carbocycles. The Morgan fingerprint density at radius 2 is 1.94 bits per heavy atom. The van der Waals surface area contributed by atoms with Crippen molar-refractivity contribution in [2.75, 3.05) is 5.32 Å². The maximum Gasteiger partial charge on any atom is 0.367 e. The number of amidine groups is 2. The second kappa shape index (κ2) is 3.49. The van der Waals surface area contributed by atoms with Gasteiger partial charge in [-0.25, -0.2) is 0 Å². The van der Waals surface area contributed by atoms with E-state index in [-0.39, 0.29) is 17.4 Å². The van der Waals surface area contributed by atoms with E-state index in [4.69, 9.17) is 5.73 Å². The molecule has 8 heteroatoms. The van der Waals surface area contributed by atoms with Gasteiger partial charge in [0, 0.05) is 0 Å². The first-order chi connectivity index (χ1) is 7.48. The summed E-state index contributed by atoms with van der Waals surface area (Å²) < 4.78 is 28.4. The average molecular weight is 240 g/mol. The zero-order valence-corrected chi connectivity index (χ0v) is 8.77. The van der Waals surface area contributed by atoms with Gasteiger partial charge >= 0.3 is 10.2 Å². The lowest BCUT2D eigenvalue weighted by atomic mass is 10.3. The normalized spacial score (nSPS) is 17.8. The molecule has 0 amide bonds. The number of phenols is 1. The van der Waals surface area contributed by atoms with Gasteiger partial charge < -0.3 is 16.2 Å². The molecule has 0 saturated heterocycles. The van der Waals surface area contributed by atoms with Gasteiger partial charge in [0.05, 0.1) is 5.69 Å². The van der Waals surface area contributed by atoms with Crippen LogP contribution in [-0.4, -0.2) is 25.2 Å². The van der Waals surface area contributed by atoms with E-state index in [1.54, 1.807) is 18.2 Å². The summed E-state index contributed by atoms with van der Waals surface area (Å²) in [6.45, 7) is 0. The highest BCUT2D eigenvalue weighted by Gasteiger charge is 2.22. The highest BCUT2D eigenvalue weighted by atomic mass is 32.2. The molecule has 1 aliphatic rings.